The Morgan fingerprint density at radius 3 is 2.79 bits per heavy atom. The first kappa shape index (κ1) is 15.6. The van der Waals surface area contributed by atoms with Crippen LogP contribution in [-0.2, 0) is 9.53 Å². The summed E-state index contributed by atoms with van der Waals surface area (Å²) < 4.78 is 5.54. The number of aromatic nitrogens is 1. The zero-order chi connectivity index (χ0) is 14.1. The summed E-state index contributed by atoms with van der Waals surface area (Å²) in [5.74, 6) is -0.372. The van der Waals surface area contributed by atoms with Crippen molar-refractivity contribution in [2.75, 3.05) is 26.8 Å². The van der Waals surface area contributed by atoms with Gasteiger partial charge < -0.3 is 15.4 Å². The number of carbonyl (C=O) groups excluding carboxylic acids is 2. The van der Waals surface area contributed by atoms with Crippen molar-refractivity contribution in [1.29, 1.82) is 0 Å². The maximum absolute atomic E-state index is 11.7. The van der Waals surface area contributed by atoms with Crippen LogP contribution < -0.4 is 10.6 Å². The van der Waals surface area contributed by atoms with Gasteiger partial charge in [-0.25, -0.2) is 0 Å². The van der Waals surface area contributed by atoms with E-state index in [9.17, 15) is 9.59 Å². The SMILES string of the molecule is COCCNC(=O)CCNC(=O)c1cncc(Br)c1. The minimum Gasteiger partial charge on any atom is -0.383 e. The first-order valence-electron chi connectivity index (χ1n) is 5.78. The Balaban J connectivity index is 2.25. The molecule has 0 fully saturated rings. The molecule has 1 heterocycles. The molecule has 0 aromatic carbocycles. The van der Waals surface area contributed by atoms with Gasteiger partial charge in [0, 0.05) is 43.5 Å². The Hall–Kier alpha value is -1.47. The fourth-order valence-electron chi connectivity index (χ4n) is 1.31. The molecule has 0 aliphatic heterocycles. The Kier molecular flexibility index (Phi) is 7.06. The van der Waals surface area contributed by atoms with E-state index in [1.807, 2.05) is 0 Å². The van der Waals surface area contributed by atoms with E-state index in [0.717, 1.165) is 4.47 Å². The molecule has 0 saturated heterocycles. The van der Waals surface area contributed by atoms with Crippen molar-refractivity contribution in [3.05, 3.63) is 28.5 Å². The van der Waals surface area contributed by atoms with Crippen LogP contribution in [0.2, 0.25) is 0 Å². The zero-order valence-corrected chi connectivity index (χ0v) is 12.2. The van der Waals surface area contributed by atoms with E-state index >= 15 is 0 Å². The molecule has 1 aromatic heterocycles. The monoisotopic (exact) mass is 329 g/mol. The Bertz CT molecular complexity index is 440. The molecule has 0 aliphatic carbocycles. The summed E-state index contributed by atoms with van der Waals surface area (Å²) in [4.78, 5) is 27.0. The minimum absolute atomic E-state index is 0.121. The van der Waals surface area contributed by atoms with Gasteiger partial charge in [0.2, 0.25) is 5.91 Å². The molecule has 7 heteroatoms. The van der Waals surface area contributed by atoms with Gasteiger partial charge in [-0.05, 0) is 22.0 Å². The highest BCUT2D eigenvalue weighted by molar-refractivity contribution is 9.10. The third-order valence-electron chi connectivity index (χ3n) is 2.23. The van der Waals surface area contributed by atoms with Crippen LogP contribution in [-0.4, -0.2) is 43.6 Å². The molecule has 1 aromatic rings. The maximum atomic E-state index is 11.7. The number of hydrogen-bond donors (Lipinski definition) is 2. The number of amides is 2. The first-order chi connectivity index (χ1) is 9.13. The number of ether oxygens (including phenoxy) is 1. The van der Waals surface area contributed by atoms with Crippen molar-refractivity contribution >= 4 is 27.7 Å². The minimum atomic E-state index is -0.251. The van der Waals surface area contributed by atoms with Crippen LogP contribution in [0, 0.1) is 0 Å². The standard InChI is InChI=1S/C12H16BrN3O3/c1-19-5-4-15-11(17)2-3-16-12(18)9-6-10(13)8-14-7-9/h6-8H,2-5H2,1H3,(H,15,17)(H,16,18). The number of halogens is 1. The topological polar surface area (TPSA) is 80.3 Å². The molecular weight excluding hydrogens is 314 g/mol. The molecule has 0 unspecified atom stereocenters. The van der Waals surface area contributed by atoms with Gasteiger partial charge in [0.05, 0.1) is 12.2 Å². The van der Waals surface area contributed by atoms with Gasteiger partial charge in [0.1, 0.15) is 0 Å². The van der Waals surface area contributed by atoms with E-state index in [-0.39, 0.29) is 24.8 Å². The summed E-state index contributed by atoms with van der Waals surface area (Å²) >= 11 is 3.24. The van der Waals surface area contributed by atoms with Gasteiger partial charge in [0.15, 0.2) is 0 Å². The van der Waals surface area contributed by atoms with Gasteiger partial charge in [-0.1, -0.05) is 0 Å². The third-order valence-corrected chi connectivity index (χ3v) is 2.67. The Morgan fingerprint density at radius 1 is 1.32 bits per heavy atom. The van der Waals surface area contributed by atoms with Gasteiger partial charge >= 0.3 is 0 Å². The van der Waals surface area contributed by atoms with Crippen LogP contribution in [0.5, 0.6) is 0 Å². The summed E-state index contributed by atoms with van der Waals surface area (Å²) in [6, 6.07) is 1.67. The molecule has 6 nitrogen and oxygen atoms in total. The smallest absolute Gasteiger partial charge is 0.252 e. The van der Waals surface area contributed by atoms with Crippen LogP contribution in [0.1, 0.15) is 16.8 Å². The highest BCUT2D eigenvalue weighted by Gasteiger charge is 2.07. The van der Waals surface area contributed by atoms with E-state index in [4.69, 9.17) is 4.74 Å². The summed E-state index contributed by atoms with van der Waals surface area (Å²) in [5, 5.41) is 5.33. The molecule has 0 atom stereocenters. The average Bonchev–Trinajstić information content (AvgIpc) is 2.39. The van der Waals surface area contributed by atoms with E-state index in [1.54, 1.807) is 19.4 Å². The fourth-order valence-corrected chi connectivity index (χ4v) is 1.67. The number of carbonyl (C=O) groups is 2. The van der Waals surface area contributed by atoms with E-state index in [2.05, 4.69) is 31.5 Å². The number of rotatable bonds is 7. The van der Waals surface area contributed by atoms with Gasteiger partial charge in [-0.2, -0.15) is 0 Å². The predicted octanol–water partition coefficient (Wildman–Crippen LogP) is 0.727. The predicted molar refractivity (Wildman–Crippen MR) is 73.8 cm³/mol. The second-order valence-corrected chi connectivity index (χ2v) is 4.66. The quantitative estimate of drug-likeness (QED) is 0.722. The van der Waals surface area contributed by atoms with Crippen LogP contribution in [0.25, 0.3) is 0 Å². The molecule has 1 rings (SSSR count). The Labute approximate surface area is 120 Å². The summed E-state index contributed by atoms with van der Waals surface area (Å²) in [6.45, 7) is 1.23. The zero-order valence-electron chi connectivity index (χ0n) is 10.6. The van der Waals surface area contributed by atoms with Crippen molar-refractivity contribution in [3.63, 3.8) is 0 Å². The highest BCUT2D eigenvalue weighted by Crippen LogP contribution is 2.09. The van der Waals surface area contributed by atoms with Gasteiger partial charge in [-0.15, -0.1) is 0 Å². The average molecular weight is 330 g/mol. The van der Waals surface area contributed by atoms with Crippen molar-refractivity contribution < 1.29 is 14.3 Å². The summed E-state index contributed by atoms with van der Waals surface area (Å²) in [7, 11) is 1.57. The molecule has 19 heavy (non-hydrogen) atoms. The molecule has 0 aliphatic rings. The largest absolute Gasteiger partial charge is 0.383 e. The highest BCUT2D eigenvalue weighted by atomic mass is 79.9. The van der Waals surface area contributed by atoms with Crippen LogP contribution in [0.3, 0.4) is 0 Å². The van der Waals surface area contributed by atoms with E-state index in [0.29, 0.717) is 18.7 Å². The van der Waals surface area contributed by atoms with Crippen molar-refractivity contribution in [2.24, 2.45) is 0 Å². The normalized spacial score (nSPS) is 10.0. The number of pyridine rings is 1. The van der Waals surface area contributed by atoms with Crippen molar-refractivity contribution in [1.82, 2.24) is 15.6 Å². The Morgan fingerprint density at radius 2 is 2.11 bits per heavy atom. The van der Waals surface area contributed by atoms with E-state index in [1.165, 1.54) is 6.20 Å². The molecule has 0 bridgehead atoms. The van der Waals surface area contributed by atoms with Crippen LogP contribution >= 0.6 is 15.9 Å². The lowest BCUT2D eigenvalue weighted by atomic mass is 10.2. The molecule has 104 valence electrons. The number of nitrogens with zero attached hydrogens (tertiary/aromatic N) is 1. The molecule has 0 saturated carbocycles. The second kappa shape index (κ2) is 8.60. The van der Waals surface area contributed by atoms with E-state index < -0.39 is 0 Å². The first-order valence-corrected chi connectivity index (χ1v) is 6.57. The van der Waals surface area contributed by atoms with Gasteiger partial charge in [0.25, 0.3) is 5.91 Å². The molecule has 2 amide bonds. The second-order valence-electron chi connectivity index (χ2n) is 3.74. The molecule has 0 spiro atoms. The van der Waals surface area contributed by atoms with Gasteiger partial charge in [-0.3, -0.25) is 14.6 Å². The lowest BCUT2D eigenvalue weighted by molar-refractivity contribution is -0.121. The third kappa shape index (κ3) is 6.30. The fraction of sp³-hybridized carbons (Fsp3) is 0.417. The lowest BCUT2D eigenvalue weighted by Crippen LogP contribution is -2.32. The summed E-state index contributed by atoms with van der Waals surface area (Å²) in [5.41, 5.74) is 0.453. The van der Waals surface area contributed by atoms with Crippen LogP contribution in [0.4, 0.5) is 0 Å². The van der Waals surface area contributed by atoms with Crippen molar-refractivity contribution in [2.45, 2.75) is 6.42 Å². The maximum Gasteiger partial charge on any atom is 0.252 e. The lowest BCUT2D eigenvalue weighted by Gasteiger charge is -2.06. The molecular formula is C12H16BrN3O3. The molecule has 0 radical (unpaired) electrons. The van der Waals surface area contributed by atoms with Crippen molar-refractivity contribution in [3.8, 4) is 0 Å². The molecule has 2 N–H and O–H groups in total. The van der Waals surface area contributed by atoms with Crippen LogP contribution in [0.15, 0.2) is 22.9 Å². The number of methoxy groups -OCH3 is 1. The summed E-state index contributed by atoms with van der Waals surface area (Å²) in [6.07, 6.45) is 3.30. The number of hydrogen-bond acceptors (Lipinski definition) is 4. The number of nitrogens with one attached hydrogen (secondary N) is 2.